The third kappa shape index (κ3) is 2.45. The molecule has 3 heteroatoms. The molecular formula is C10H12N2O. The maximum absolute atomic E-state index is 11.4. The van der Waals surface area contributed by atoms with Crippen molar-refractivity contribution in [2.45, 2.75) is 26.8 Å². The lowest BCUT2D eigenvalue weighted by Gasteiger charge is -2.01. The normalized spacial score (nSPS) is 9.08. The SMILES string of the molecule is CC#CCCn1ccnc(C)c1=O. The zero-order valence-electron chi connectivity index (χ0n) is 7.87. The van der Waals surface area contributed by atoms with E-state index in [-0.39, 0.29) is 5.56 Å². The lowest BCUT2D eigenvalue weighted by atomic mass is 10.4. The van der Waals surface area contributed by atoms with Gasteiger partial charge in [0.2, 0.25) is 0 Å². The Morgan fingerprint density at radius 1 is 1.62 bits per heavy atom. The smallest absolute Gasteiger partial charge is 0.271 e. The Labute approximate surface area is 77.4 Å². The Morgan fingerprint density at radius 2 is 2.38 bits per heavy atom. The van der Waals surface area contributed by atoms with Crippen LogP contribution in [0.25, 0.3) is 0 Å². The molecular weight excluding hydrogens is 164 g/mol. The van der Waals surface area contributed by atoms with Crippen LogP contribution >= 0.6 is 0 Å². The van der Waals surface area contributed by atoms with Crippen molar-refractivity contribution in [1.82, 2.24) is 9.55 Å². The van der Waals surface area contributed by atoms with Gasteiger partial charge in [-0.2, -0.15) is 0 Å². The maximum Gasteiger partial charge on any atom is 0.271 e. The van der Waals surface area contributed by atoms with Crippen LogP contribution in [0.3, 0.4) is 0 Å². The van der Waals surface area contributed by atoms with E-state index >= 15 is 0 Å². The molecule has 3 nitrogen and oxygen atoms in total. The molecule has 0 aromatic carbocycles. The molecule has 0 amide bonds. The van der Waals surface area contributed by atoms with Crippen molar-refractivity contribution in [3.05, 3.63) is 28.4 Å². The van der Waals surface area contributed by atoms with Gasteiger partial charge in [0.1, 0.15) is 5.69 Å². The lowest BCUT2D eigenvalue weighted by molar-refractivity contribution is 0.674. The van der Waals surface area contributed by atoms with Crippen LogP contribution in [-0.4, -0.2) is 9.55 Å². The molecule has 0 aliphatic carbocycles. The monoisotopic (exact) mass is 176 g/mol. The fourth-order valence-corrected chi connectivity index (χ4v) is 1.03. The summed E-state index contributed by atoms with van der Waals surface area (Å²) in [6.07, 6.45) is 4.03. The van der Waals surface area contributed by atoms with Crippen LogP contribution in [0.1, 0.15) is 19.0 Å². The fourth-order valence-electron chi connectivity index (χ4n) is 1.03. The fraction of sp³-hybridized carbons (Fsp3) is 0.400. The summed E-state index contributed by atoms with van der Waals surface area (Å²) in [5.74, 6) is 5.70. The summed E-state index contributed by atoms with van der Waals surface area (Å²) < 4.78 is 1.63. The van der Waals surface area contributed by atoms with Gasteiger partial charge in [0, 0.05) is 25.4 Å². The van der Waals surface area contributed by atoms with E-state index in [9.17, 15) is 4.79 Å². The standard InChI is InChI=1S/C10H12N2O/c1-3-4-5-7-12-8-6-11-9(2)10(12)13/h6,8H,5,7H2,1-2H3. The van der Waals surface area contributed by atoms with Crippen molar-refractivity contribution < 1.29 is 0 Å². The predicted molar refractivity (Wildman–Crippen MR) is 51.3 cm³/mol. The highest BCUT2D eigenvalue weighted by atomic mass is 16.1. The molecule has 0 atom stereocenters. The third-order valence-electron chi connectivity index (χ3n) is 1.74. The highest BCUT2D eigenvalue weighted by Gasteiger charge is 1.97. The van der Waals surface area contributed by atoms with Gasteiger partial charge in [-0.3, -0.25) is 9.78 Å². The van der Waals surface area contributed by atoms with E-state index < -0.39 is 0 Å². The summed E-state index contributed by atoms with van der Waals surface area (Å²) in [6.45, 7) is 4.15. The summed E-state index contributed by atoms with van der Waals surface area (Å²) >= 11 is 0. The van der Waals surface area contributed by atoms with Crippen LogP contribution in [0.2, 0.25) is 0 Å². The molecule has 0 saturated heterocycles. The van der Waals surface area contributed by atoms with E-state index in [1.165, 1.54) is 0 Å². The Balaban J connectivity index is 2.81. The first-order valence-corrected chi connectivity index (χ1v) is 4.17. The second-order valence-electron chi connectivity index (χ2n) is 2.69. The van der Waals surface area contributed by atoms with Gasteiger partial charge >= 0.3 is 0 Å². The van der Waals surface area contributed by atoms with Gasteiger partial charge in [-0.05, 0) is 13.8 Å². The molecule has 1 aromatic rings. The first kappa shape index (κ1) is 9.53. The summed E-state index contributed by atoms with van der Waals surface area (Å²) in [7, 11) is 0. The van der Waals surface area contributed by atoms with Crippen molar-refractivity contribution >= 4 is 0 Å². The molecule has 0 aliphatic rings. The first-order valence-electron chi connectivity index (χ1n) is 4.17. The number of rotatable bonds is 2. The number of nitrogens with zero attached hydrogens (tertiary/aromatic N) is 2. The number of hydrogen-bond donors (Lipinski definition) is 0. The van der Waals surface area contributed by atoms with Crippen LogP contribution in [0.15, 0.2) is 17.2 Å². The second-order valence-corrected chi connectivity index (χ2v) is 2.69. The molecule has 0 radical (unpaired) electrons. The van der Waals surface area contributed by atoms with E-state index in [2.05, 4.69) is 16.8 Å². The summed E-state index contributed by atoms with van der Waals surface area (Å²) in [6, 6.07) is 0. The van der Waals surface area contributed by atoms with Crippen molar-refractivity contribution in [2.24, 2.45) is 0 Å². The molecule has 0 saturated carbocycles. The van der Waals surface area contributed by atoms with Gasteiger partial charge in [-0.15, -0.1) is 11.8 Å². The van der Waals surface area contributed by atoms with Gasteiger partial charge in [-0.25, -0.2) is 0 Å². The molecule has 0 bridgehead atoms. The van der Waals surface area contributed by atoms with E-state index in [0.29, 0.717) is 18.7 Å². The summed E-state index contributed by atoms with van der Waals surface area (Å²) in [4.78, 5) is 15.3. The minimum atomic E-state index is -0.0274. The van der Waals surface area contributed by atoms with Crippen molar-refractivity contribution in [1.29, 1.82) is 0 Å². The van der Waals surface area contributed by atoms with Gasteiger partial charge in [0.25, 0.3) is 5.56 Å². The van der Waals surface area contributed by atoms with Crippen molar-refractivity contribution in [3.63, 3.8) is 0 Å². The largest absolute Gasteiger partial charge is 0.311 e. The molecule has 0 aliphatic heterocycles. The van der Waals surface area contributed by atoms with Gasteiger partial charge < -0.3 is 4.57 Å². The van der Waals surface area contributed by atoms with E-state index in [0.717, 1.165) is 0 Å². The molecule has 1 aromatic heterocycles. The van der Waals surface area contributed by atoms with Crippen molar-refractivity contribution in [3.8, 4) is 11.8 Å². The van der Waals surface area contributed by atoms with Crippen LogP contribution in [0.5, 0.6) is 0 Å². The minimum Gasteiger partial charge on any atom is -0.311 e. The van der Waals surface area contributed by atoms with Crippen molar-refractivity contribution in [2.75, 3.05) is 0 Å². The average molecular weight is 176 g/mol. The van der Waals surface area contributed by atoms with E-state index in [1.807, 2.05) is 0 Å². The Kier molecular flexibility index (Phi) is 3.27. The highest BCUT2D eigenvalue weighted by molar-refractivity contribution is 4.97. The van der Waals surface area contributed by atoms with Gasteiger partial charge in [0.05, 0.1) is 0 Å². The Hall–Kier alpha value is -1.56. The van der Waals surface area contributed by atoms with E-state index in [4.69, 9.17) is 0 Å². The lowest BCUT2D eigenvalue weighted by Crippen LogP contribution is -2.22. The van der Waals surface area contributed by atoms with Gasteiger partial charge in [0.15, 0.2) is 0 Å². The van der Waals surface area contributed by atoms with Crippen LogP contribution in [0, 0.1) is 18.8 Å². The topological polar surface area (TPSA) is 34.9 Å². The maximum atomic E-state index is 11.4. The highest BCUT2D eigenvalue weighted by Crippen LogP contribution is 1.86. The molecule has 0 N–H and O–H groups in total. The second kappa shape index (κ2) is 4.46. The molecule has 1 rings (SSSR count). The van der Waals surface area contributed by atoms with E-state index in [1.54, 1.807) is 30.8 Å². The molecule has 0 unspecified atom stereocenters. The Bertz CT molecular complexity index is 395. The zero-order valence-corrected chi connectivity index (χ0v) is 7.87. The summed E-state index contributed by atoms with van der Waals surface area (Å²) in [5.41, 5.74) is 0.507. The first-order chi connectivity index (χ1) is 6.25. The molecule has 68 valence electrons. The number of hydrogen-bond acceptors (Lipinski definition) is 2. The van der Waals surface area contributed by atoms with Crippen LogP contribution < -0.4 is 5.56 Å². The molecule has 0 spiro atoms. The predicted octanol–water partition coefficient (Wildman–Crippen LogP) is 0.965. The molecule has 1 heterocycles. The number of aromatic nitrogens is 2. The quantitative estimate of drug-likeness (QED) is 0.629. The average Bonchev–Trinajstić information content (AvgIpc) is 2.13. The molecule has 13 heavy (non-hydrogen) atoms. The zero-order chi connectivity index (χ0) is 9.68. The number of aryl methyl sites for hydroxylation is 2. The van der Waals surface area contributed by atoms with Crippen LogP contribution in [-0.2, 0) is 6.54 Å². The van der Waals surface area contributed by atoms with Gasteiger partial charge in [-0.1, -0.05) is 0 Å². The Morgan fingerprint density at radius 3 is 3.08 bits per heavy atom. The van der Waals surface area contributed by atoms with Crippen LogP contribution in [0.4, 0.5) is 0 Å². The molecule has 0 fully saturated rings. The minimum absolute atomic E-state index is 0.0274. The summed E-state index contributed by atoms with van der Waals surface area (Å²) in [5, 5.41) is 0. The third-order valence-corrected chi connectivity index (χ3v) is 1.74.